The Kier molecular flexibility index (Phi) is 7.05. The van der Waals surface area contributed by atoms with Crippen LogP contribution in [0.3, 0.4) is 0 Å². The molecule has 0 saturated heterocycles. The minimum Gasteiger partial charge on any atom is -0.486 e. The molecule has 1 heterocycles. The van der Waals surface area contributed by atoms with Gasteiger partial charge in [-0.25, -0.2) is 0 Å². The van der Waals surface area contributed by atoms with E-state index in [1.165, 1.54) is 18.7 Å². The summed E-state index contributed by atoms with van der Waals surface area (Å²) in [5, 5.41) is 11.7. The minimum atomic E-state index is -0.189. The number of Topliss-reactive ketones (excluding diaryl/α,β-unsaturated/α-hetero) is 1. The number of benzene rings is 2. The molecule has 3 aromatic rings. The fourth-order valence-electron chi connectivity index (χ4n) is 2.42. The van der Waals surface area contributed by atoms with E-state index in [1.807, 2.05) is 31.3 Å². The Morgan fingerprint density at radius 2 is 1.93 bits per heavy atom. The third kappa shape index (κ3) is 5.91. The van der Waals surface area contributed by atoms with Crippen LogP contribution in [0, 0.1) is 0 Å². The maximum absolute atomic E-state index is 12.2. The summed E-state index contributed by atoms with van der Waals surface area (Å²) < 4.78 is 8.49. The van der Waals surface area contributed by atoms with Gasteiger partial charge in [-0.2, -0.15) is 0 Å². The van der Waals surface area contributed by atoms with E-state index < -0.39 is 0 Å². The quantitative estimate of drug-likeness (QED) is 0.390. The zero-order valence-electron chi connectivity index (χ0n) is 15.9. The third-order valence-corrected chi connectivity index (χ3v) is 5.54. The van der Waals surface area contributed by atoms with E-state index >= 15 is 0 Å². The molecule has 0 spiro atoms. The van der Waals surface area contributed by atoms with Gasteiger partial charge in [-0.15, -0.1) is 10.2 Å². The van der Waals surface area contributed by atoms with Gasteiger partial charge in [-0.05, 0) is 43.3 Å². The average Bonchev–Trinajstić information content (AvgIpc) is 3.06. The second kappa shape index (κ2) is 9.71. The number of thioether (sulfide) groups is 1. The number of anilines is 1. The topological polar surface area (TPSA) is 86.1 Å². The SMILES string of the molecule is CC(=O)c1cccc(NC(=O)CSc2nnc(COc3ccc(Br)cc3)n2C)c1. The normalized spacial score (nSPS) is 10.6. The summed E-state index contributed by atoms with van der Waals surface area (Å²) in [4.78, 5) is 23.7. The van der Waals surface area contributed by atoms with Crippen LogP contribution in [0.5, 0.6) is 5.75 Å². The largest absolute Gasteiger partial charge is 0.486 e. The number of halogens is 1. The van der Waals surface area contributed by atoms with Gasteiger partial charge in [0.15, 0.2) is 16.8 Å². The van der Waals surface area contributed by atoms with Crippen molar-refractivity contribution in [3.8, 4) is 5.75 Å². The van der Waals surface area contributed by atoms with E-state index in [0.717, 1.165) is 10.2 Å². The number of ketones is 1. The Hall–Kier alpha value is -2.65. The first-order valence-electron chi connectivity index (χ1n) is 8.72. The van der Waals surface area contributed by atoms with Crippen molar-refractivity contribution in [3.05, 3.63) is 64.4 Å². The summed E-state index contributed by atoms with van der Waals surface area (Å²) in [6, 6.07) is 14.4. The van der Waals surface area contributed by atoms with Crippen LogP contribution in [0.25, 0.3) is 0 Å². The monoisotopic (exact) mass is 474 g/mol. The first-order chi connectivity index (χ1) is 13.9. The number of carbonyl (C=O) groups excluding carboxylic acids is 2. The van der Waals surface area contributed by atoms with E-state index in [4.69, 9.17) is 4.74 Å². The second-order valence-electron chi connectivity index (χ2n) is 6.17. The van der Waals surface area contributed by atoms with Crippen molar-refractivity contribution in [2.45, 2.75) is 18.7 Å². The highest BCUT2D eigenvalue weighted by molar-refractivity contribution is 9.10. The van der Waals surface area contributed by atoms with E-state index in [9.17, 15) is 9.59 Å². The van der Waals surface area contributed by atoms with Gasteiger partial charge in [0, 0.05) is 22.8 Å². The highest BCUT2D eigenvalue weighted by atomic mass is 79.9. The molecule has 7 nitrogen and oxygen atoms in total. The fraction of sp³-hybridized carbons (Fsp3) is 0.200. The highest BCUT2D eigenvalue weighted by Gasteiger charge is 2.12. The molecule has 1 N–H and O–H groups in total. The van der Waals surface area contributed by atoms with Crippen LogP contribution in [0.4, 0.5) is 5.69 Å². The van der Waals surface area contributed by atoms with Crippen LogP contribution in [-0.4, -0.2) is 32.2 Å². The van der Waals surface area contributed by atoms with Crippen LogP contribution < -0.4 is 10.1 Å². The number of aromatic nitrogens is 3. The lowest BCUT2D eigenvalue weighted by atomic mass is 10.1. The molecular weight excluding hydrogens is 456 g/mol. The lowest BCUT2D eigenvalue weighted by Crippen LogP contribution is -2.15. The van der Waals surface area contributed by atoms with Gasteiger partial charge in [0.25, 0.3) is 0 Å². The molecule has 0 atom stereocenters. The van der Waals surface area contributed by atoms with E-state index in [1.54, 1.807) is 28.8 Å². The molecule has 0 fully saturated rings. The molecule has 150 valence electrons. The molecular formula is C20H19BrN4O3S. The van der Waals surface area contributed by atoms with Crippen molar-refractivity contribution >= 4 is 45.1 Å². The lowest BCUT2D eigenvalue weighted by molar-refractivity contribution is -0.113. The molecule has 9 heteroatoms. The maximum atomic E-state index is 12.2. The highest BCUT2D eigenvalue weighted by Crippen LogP contribution is 2.20. The lowest BCUT2D eigenvalue weighted by Gasteiger charge is -2.07. The maximum Gasteiger partial charge on any atom is 0.234 e. The number of hydrogen-bond acceptors (Lipinski definition) is 6. The van der Waals surface area contributed by atoms with Gasteiger partial charge in [0.2, 0.25) is 5.91 Å². The molecule has 1 aromatic heterocycles. The molecule has 3 rings (SSSR count). The number of rotatable bonds is 8. The van der Waals surface area contributed by atoms with Crippen LogP contribution in [-0.2, 0) is 18.4 Å². The van der Waals surface area contributed by atoms with Crippen molar-refractivity contribution in [2.75, 3.05) is 11.1 Å². The van der Waals surface area contributed by atoms with Crippen LogP contribution in [0.15, 0.2) is 58.2 Å². The van der Waals surface area contributed by atoms with E-state index in [2.05, 4.69) is 31.4 Å². The standard InChI is InChI=1S/C20H19BrN4O3S/c1-13(26)14-4-3-5-16(10-14)22-19(27)12-29-20-24-23-18(25(20)2)11-28-17-8-6-15(21)7-9-17/h3-10H,11-12H2,1-2H3,(H,22,27). The van der Waals surface area contributed by atoms with Gasteiger partial charge in [-0.3, -0.25) is 9.59 Å². The van der Waals surface area contributed by atoms with Gasteiger partial charge in [-0.1, -0.05) is 39.8 Å². The number of amides is 1. The Morgan fingerprint density at radius 3 is 2.66 bits per heavy atom. The molecule has 0 saturated carbocycles. The first kappa shape index (κ1) is 21.1. The number of nitrogens with one attached hydrogen (secondary N) is 1. The predicted molar refractivity (Wildman–Crippen MR) is 115 cm³/mol. The summed E-state index contributed by atoms with van der Waals surface area (Å²) in [5.74, 6) is 1.32. The van der Waals surface area contributed by atoms with Crippen molar-refractivity contribution in [3.63, 3.8) is 0 Å². The Bertz CT molecular complexity index is 1020. The summed E-state index contributed by atoms with van der Waals surface area (Å²) >= 11 is 4.66. The van der Waals surface area contributed by atoms with Crippen LogP contribution in [0.2, 0.25) is 0 Å². The number of ether oxygens (including phenoxy) is 1. The minimum absolute atomic E-state index is 0.0487. The first-order valence-corrected chi connectivity index (χ1v) is 10.5. The van der Waals surface area contributed by atoms with Gasteiger partial charge < -0.3 is 14.6 Å². The summed E-state index contributed by atoms with van der Waals surface area (Å²) in [5.41, 5.74) is 1.14. The summed E-state index contributed by atoms with van der Waals surface area (Å²) in [6.45, 7) is 1.76. The van der Waals surface area contributed by atoms with E-state index in [-0.39, 0.29) is 24.1 Å². The third-order valence-electron chi connectivity index (χ3n) is 3.99. The van der Waals surface area contributed by atoms with Crippen molar-refractivity contribution in [1.82, 2.24) is 14.8 Å². The van der Waals surface area contributed by atoms with Crippen LogP contribution >= 0.6 is 27.7 Å². The van der Waals surface area contributed by atoms with Gasteiger partial charge in [0.05, 0.1) is 5.75 Å². The predicted octanol–water partition coefficient (Wildman–Crippen LogP) is 4.09. The summed E-state index contributed by atoms with van der Waals surface area (Å²) in [6.07, 6.45) is 0. The molecule has 0 unspecified atom stereocenters. The van der Waals surface area contributed by atoms with E-state index in [0.29, 0.717) is 22.2 Å². The smallest absolute Gasteiger partial charge is 0.234 e. The van der Waals surface area contributed by atoms with Crippen molar-refractivity contribution < 1.29 is 14.3 Å². The molecule has 0 aliphatic heterocycles. The number of hydrogen-bond donors (Lipinski definition) is 1. The van der Waals surface area contributed by atoms with Gasteiger partial charge >= 0.3 is 0 Å². The van der Waals surface area contributed by atoms with Crippen LogP contribution in [0.1, 0.15) is 23.1 Å². The van der Waals surface area contributed by atoms with Crippen molar-refractivity contribution in [2.24, 2.45) is 7.05 Å². The molecule has 0 aliphatic rings. The number of nitrogens with zero attached hydrogens (tertiary/aromatic N) is 3. The summed E-state index contributed by atoms with van der Waals surface area (Å²) in [7, 11) is 1.83. The molecule has 2 aromatic carbocycles. The zero-order chi connectivity index (χ0) is 20.8. The molecule has 1 amide bonds. The van der Waals surface area contributed by atoms with Crippen molar-refractivity contribution in [1.29, 1.82) is 0 Å². The Balaban J connectivity index is 1.53. The van der Waals surface area contributed by atoms with Gasteiger partial charge in [0.1, 0.15) is 12.4 Å². The number of carbonyl (C=O) groups is 2. The molecule has 0 aliphatic carbocycles. The fourth-order valence-corrected chi connectivity index (χ4v) is 3.41. The Labute approximate surface area is 181 Å². The zero-order valence-corrected chi connectivity index (χ0v) is 18.3. The molecule has 0 radical (unpaired) electrons. The Morgan fingerprint density at radius 1 is 1.17 bits per heavy atom. The molecule has 0 bridgehead atoms. The second-order valence-corrected chi connectivity index (χ2v) is 8.03. The molecule has 29 heavy (non-hydrogen) atoms. The average molecular weight is 475 g/mol.